The fourth-order valence-electron chi connectivity index (χ4n) is 3.36. The summed E-state index contributed by atoms with van der Waals surface area (Å²) in [5.74, 6) is -1.47. The number of benzene rings is 2. The van der Waals surface area contributed by atoms with Crippen LogP contribution in [0.1, 0.15) is 29.6 Å². The van der Waals surface area contributed by atoms with Crippen molar-refractivity contribution < 1.29 is 18.8 Å². The molecule has 0 radical (unpaired) electrons. The Balaban J connectivity index is 1.59. The Morgan fingerprint density at radius 2 is 1.55 bits per heavy atom. The van der Waals surface area contributed by atoms with E-state index in [1.165, 1.54) is 30.3 Å². The Hall–Kier alpha value is -3.48. The highest BCUT2D eigenvalue weighted by molar-refractivity contribution is 6.04. The quantitative estimate of drug-likeness (QED) is 0.655. The fourth-order valence-corrected chi connectivity index (χ4v) is 3.36. The third kappa shape index (κ3) is 5.28. The van der Waals surface area contributed by atoms with Crippen LogP contribution in [0.5, 0.6) is 0 Å². The molecular weight excluding hydrogens is 373 g/mol. The molecule has 1 saturated carbocycles. The van der Waals surface area contributed by atoms with Crippen molar-refractivity contribution in [2.75, 3.05) is 10.6 Å². The summed E-state index contributed by atoms with van der Waals surface area (Å²) in [6.45, 7) is 3.43. The molecule has 2 atom stereocenters. The van der Waals surface area contributed by atoms with Gasteiger partial charge in [-0.2, -0.15) is 0 Å². The smallest absolute Gasteiger partial charge is 0.255 e. The molecular formula is C22H22FN3O3. The number of hydrogen-bond donors (Lipinski definition) is 3. The molecule has 2 aromatic rings. The van der Waals surface area contributed by atoms with E-state index in [0.29, 0.717) is 23.4 Å². The number of carbonyl (C=O) groups excluding carboxylic acids is 3. The predicted molar refractivity (Wildman–Crippen MR) is 109 cm³/mol. The van der Waals surface area contributed by atoms with Crippen molar-refractivity contribution >= 4 is 29.1 Å². The summed E-state index contributed by atoms with van der Waals surface area (Å²) in [6, 6.07) is 11.8. The van der Waals surface area contributed by atoms with Crippen LogP contribution in [0.15, 0.2) is 61.2 Å². The van der Waals surface area contributed by atoms with E-state index in [0.717, 1.165) is 12.8 Å². The lowest BCUT2D eigenvalue weighted by atomic mass is 10.0. The van der Waals surface area contributed by atoms with Gasteiger partial charge in [-0.05, 0) is 67.4 Å². The summed E-state index contributed by atoms with van der Waals surface area (Å²) in [6.07, 6.45) is 3.51. The van der Waals surface area contributed by atoms with E-state index in [2.05, 4.69) is 22.5 Å². The summed E-state index contributed by atoms with van der Waals surface area (Å²) < 4.78 is 12.9. The minimum atomic E-state index is -0.378. The standard InChI is InChI=1S/C22H22FN3O3/c1-2-20(27)26-19-5-3-4-18(19)22(29)25-16-10-6-14(7-11-16)21(28)24-17-12-8-15(23)9-13-17/h2,6-13,18-19H,1,3-5H2,(H,24,28)(H,25,29)(H,26,27)/t18-,19-/m1/s1. The van der Waals surface area contributed by atoms with Gasteiger partial charge in [0.1, 0.15) is 5.82 Å². The monoisotopic (exact) mass is 395 g/mol. The Kier molecular flexibility index (Phi) is 6.39. The van der Waals surface area contributed by atoms with Crippen molar-refractivity contribution in [2.24, 2.45) is 5.92 Å². The Bertz CT molecular complexity index is 910. The average Bonchev–Trinajstić information content (AvgIpc) is 3.18. The van der Waals surface area contributed by atoms with Crippen LogP contribution in [0.25, 0.3) is 0 Å². The molecule has 1 aliphatic carbocycles. The van der Waals surface area contributed by atoms with Gasteiger partial charge >= 0.3 is 0 Å². The minimum absolute atomic E-state index is 0.166. The number of hydrogen-bond acceptors (Lipinski definition) is 3. The van der Waals surface area contributed by atoms with Crippen LogP contribution in [0.2, 0.25) is 0 Å². The van der Waals surface area contributed by atoms with Gasteiger partial charge in [-0.3, -0.25) is 14.4 Å². The van der Waals surface area contributed by atoms with E-state index >= 15 is 0 Å². The zero-order valence-corrected chi connectivity index (χ0v) is 15.8. The first kappa shape index (κ1) is 20.3. The summed E-state index contributed by atoms with van der Waals surface area (Å²) >= 11 is 0. The predicted octanol–water partition coefficient (Wildman–Crippen LogP) is 3.49. The van der Waals surface area contributed by atoms with E-state index in [1.54, 1.807) is 24.3 Å². The van der Waals surface area contributed by atoms with E-state index in [9.17, 15) is 18.8 Å². The summed E-state index contributed by atoms with van der Waals surface area (Å²) in [5.41, 5.74) is 1.46. The number of nitrogens with one attached hydrogen (secondary N) is 3. The van der Waals surface area contributed by atoms with Gasteiger partial charge in [0.2, 0.25) is 11.8 Å². The van der Waals surface area contributed by atoms with Crippen molar-refractivity contribution in [1.82, 2.24) is 5.32 Å². The van der Waals surface area contributed by atoms with E-state index in [1.807, 2.05) is 0 Å². The normalized spacial score (nSPS) is 18.0. The van der Waals surface area contributed by atoms with Gasteiger partial charge in [-0.25, -0.2) is 4.39 Å². The number of amides is 3. The Labute approximate surface area is 168 Å². The third-order valence-corrected chi connectivity index (χ3v) is 4.88. The first-order valence-corrected chi connectivity index (χ1v) is 9.37. The fraction of sp³-hybridized carbons (Fsp3) is 0.227. The third-order valence-electron chi connectivity index (χ3n) is 4.88. The maximum absolute atomic E-state index is 12.9. The van der Waals surface area contributed by atoms with Crippen LogP contribution < -0.4 is 16.0 Å². The maximum atomic E-state index is 12.9. The maximum Gasteiger partial charge on any atom is 0.255 e. The number of anilines is 2. The summed E-state index contributed by atoms with van der Waals surface area (Å²) in [7, 11) is 0. The highest BCUT2D eigenvalue weighted by atomic mass is 19.1. The van der Waals surface area contributed by atoms with Crippen molar-refractivity contribution in [3.05, 3.63) is 72.6 Å². The molecule has 3 amide bonds. The van der Waals surface area contributed by atoms with E-state index in [-0.39, 0.29) is 35.5 Å². The van der Waals surface area contributed by atoms with Crippen LogP contribution in [0.3, 0.4) is 0 Å². The minimum Gasteiger partial charge on any atom is -0.349 e. The molecule has 1 aliphatic rings. The first-order chi connectivity index (χ1) is 14.0. The summed E-state index contributed by atoms with van der Waals surface area (Å²) in [5, 5.41) is 8.32. The molecule has 0 spiro atoms. The number of halogens is 1. The van der Waals surface area contributed by atoms with E-state index in [4.69, 9.17) is 0 Å². The molecule has 2 aromatic carbocycles. The number of carbonyl (C=O) groups is 3. The number of rotatable bonds is 6. The van der Waals surface area contributed by atoms with Gasteiger partial charge in [0.15, 0.2) is 0 Å². The lowest BCUT2D eigenvalue weighted by Crippen LogP contribution is -2.41. The van der Waals surface area contributed by atoms with Crippen molar-refractivity contribution in [3.63, 3.8) is 0 Å². The zero-order chi connectivity index (χ0) is 20.8. The molecule has 0 unspecified atom stereocenters. The van der Waals surface area contributed by atoms with Gasteiger partial charge in [-0.15, -0.1) is 0 Å². The lowest BCUT2D eigenvalue weighted by Gasteiger charge is -2.20. The van der Waals surface area contributed by atoms with Gasteiger partial charge in [0, 0.05) is 23.0 Å². The average molecular weight is 395 g/mol. The second-order valence-corrected chi connectivity index (χ2v) is 6.88. The lowest BCUT2D eigenvalue weighted by molar-refractivity contribution is -0.121. The van der Waals surface area contributed by atoms with Crippen LogP contribution in [-0.2, 0) is 9.59 Å². The zero-order valence-electron chi connectivity index (χ0n) is 15.8. The Morgan fingerprint density at radius 1 is 0.931 bits per heavy atom. The van der Waals surface area contributed by atoms with Crippen molar-refractivity contribution in [2.45, 2.75) is 25.3 Å². The molecule has 0 saturated heterocycles. The molecule has 29 heavy (non-hydrogen) atoms. The molecule has 3 N–H and O–H groups in total. The summed E-state index contributed by atoms with van der Waals surface area (Å²) in [4.78, 5) is 36.4. The molecule has 1 fully saturated rings. The first-order valence-electron chi connectivity index (χ1n) is 9.37. The van der Waals surface area contributed by atoms with Crippen molar-refractivity contribution in [3.8, 4) is 0 Å². The molecule has 3 rings (SSSR count). The SMILES string of the molecule is C=CC(=O)N[C@@H]1CCC[C@H]1C(=O)Nc1ccc(C(=O)Nc2ccc(F)cc2)cc1. The second kappa shape index (κ2) is 9.14. The molecule has 0 aromatic heterocycles. The molecule has 7 heteroatoms. The van der Waals surface area contributed by atoms with Crippen LogP contribution >= 0.6 is 0 Å². The molecule has 0 aliphatic heterocycles. The van der Waals surface area contributed by atoms with Gasteiger partial charge < -0.3 is 16.0 Å². The molecule has 0 heterocycles. The largest absolute Gasteiger partial charge is 0.349 e. The molecule has 6 nitrogen and oxygen atoms in total. The highest BCUT2D eigenvalue weighted by Gasteiger charge is 2.33. The highest BCUT2D eigenvalue weighted by Crippen LogP contribution is 2.27. The molecule has 0 bridgehead atoms. The molecule has 150 valence electrons. The van der Waals surface area contributed by atoms with Gasteiger partial charge in [0.25, 0.3) is 5.91 Å². The van der Waals surface area contributed by atoms with Gasteiger partial charge in [-0.1, -0.05) is 13.0 Å². The van der Waals surface area contributed by atoms with Crippen LogP contribution in [-0.4, -0.2) is 23.8 Å². The topological polar surface area (TPSA) is 87.3 Å². The Morgan fingerprint density at radius 3 is 2.21 bits per heavy atom. The van der Waals surface area contributed by atoms with Gasteiger partial charge in [0.05, 0.1) is 5.92 Å². The van der Waals surface area contributed by atoms with Crippen molar-refractivity contribution in [1.29, 1.82) is 0 Å². The second-order valence-electron chi connectivity index (χ2n) is 6.88. The van der Waals surface area contributed by atoms with E-state index < -0.39 is 0 Å². The van der Waals surface area contributed by atoms with Crippen LogP contribution in [0, 0.1) is 11.7 Å². The van der Waals surface area contributed by atoms with Crippen LogP contribution in [0.4, 0.5) is 15.8 Å².